The lowest BCUT2D eigenvalue weighted by atomic mass is 9.95. The molecule has 0 saturated heterocycles. The molecule has 0 saturated carbocycles. The lowest BCUT2D eigenvalue weighted by Gasteiger charge is -2.20. The van der Waals surface area contributed by atoms with Crippen LogP contribution < -0.4 is 25.0 Å². The molecule has 2 N–H and O–H groups in total. The van der Waals surface area contributed by atoms with E-state index < -0.39 is 23.3 Å². The summed E-state index contributed by atoms with van der Waals surface area (Å²) in [5.74, 6) is -0.514. The van der Waals surface area contributed by atoms with E-state index in [0.29, 0.717) is 46.8 Å². The molecule has 8 nitrogen and oxygen atoms in total. The summed E-state index contributed by atoms with van der Waals surface area (Å²) in [5, 5.41) is 12.4. The normalized spacial score (nSPS) is 14.4. The number of benzene rings is 1. The van der Waals surface area contributed by atoms with Gasteiger partial charge in [0.2, 0.25) is 11.7 Å². The molecule has 2 aromatic carbocycles. The SMILES string of the molecule is C=CC(=O)N[C@H]1CCc2cc(OC)c(OC)c(OC)c2-c2ccc(=O)c(C(=O)O)cc21. The van der Waals surface area contributed by atoms with Crippen LogP contribution in [0.2, 0.25) is 0 Å². The van der Waals surface area contributed by atoms with Crippen LogP contribution in [0, 0.1) is 0 Å². The maximum Gasteiger partial charge on any atom is 0.339 e. The second-order valence-electron chi connectivity index (χ2n) is 6.91. The van der Waals surface area contributed by atoms with Gasteiger partial charge in [0.05, 0.1) is 27.4 Å². The number of hydrogen-bond donors (Lipinski definition) is 2. The molecule has 0 fully saturated rings. The summed E-state index contributed by atoms with van der Waals surface area (Å²) in [6.45, 7) is 3.48. The van der Waals surface area contributed by atoms with Gasteiger partial charge in [0.15, 0.2) is 16.9 Å². The van der Waals surface area contributed by atoms with Crippen LogP contribution in [0.25, 0.3) is 11.1 Å². The minimum Gasteiger partial charge on any atom is -0.493 e. The van der Waals surface area contributed by atoms with E-state index >= 15 is 0 Å². The standard InChI is InChI=1S/C23H23NO7/c1-5-19(26)24-16-8-6-12-10-18(29-2)21(30-3)22(31-4)20(12)13-7-9-17(25)15(23(27)28)11-14(13)16/h5,7,9-11,16H,1,6,8H2,2-4H3,(H,24,26)(H,27,28)/t16-/m0/s1. The van der Waals surface area contributed by atoms with Crippen molar-refractivity contribution in [3.05, 3.63) is 63.8 Å². The van der Waals surface area contributed by atoms with Crippen molar-refractivity contribution in [2.75, 3.05) is 21.3 Å². The Labute approximate surface area is 179 Å². The van der Waals surface area contributed by atoms with Gasteiger partial charge < -0.3 is 24.6 Å². The summed E-state index contributed by atoms with van der Waals surface area (Å²) in [7, 11) is 4.49. The fourth-order valence-electron chi connectivity index (χ4n) is 3.87. The van der Waals surface area contributed by atoms with Gasteiger partial charge in [-0.05, 0) is 59.9 Å². The highest BCUT2D eigenvalue weighted by atomic mass is 16.5. The molecule has 1 aliphatic rings. The zero-order chi connectivity index (χ0) is 22.7. The maximum absolute atomic E-state index is 12.4. The average molecular weight is 425 g/mol. The first-order valence-corrected chi connectivity index (χ1v) is 9.52. The summed E-state index contributed by atoms with van der Waals surface area (Å²) in [6.07, 6.45) is 2.12. The number of fused-ring (bicyclic) bond motifs is 3. The van der Waals surface area contributed by atoms with E-state index in [1.807, 2.05) is 6.07 Å². The molecule has 0 spiro atoms. The van der Waals surface area contributed by atoms with Crippen LogP contribution in [-0.4, -0.2) is 38.3 Å². The number of carbonyl (C=O) groups is 2. The van der Waals surface area contributed by atoms with E-state index in [0.717, 1.165) is 11.6 Å². The smallest absolute Gasteiger partial charge is 0.339 e. The molecule has 0 bridgehead atoms. The van der Waals surface area contributed by atoms with Crippen molar-refractivity contribution in [1.82, 2.24) is 5.32 Å². The Balaban J connectivity index is 2.43. The average Bonchev–Trinajstić information content (AvgIpc) is 3.01. The Hall–Kier alpha value is -3.81. The van der Waals surface area contributed by atoms with Crippen molar-refractivity contribution in [3.8, 4) is 28.4 Å². The molecule has 1 amide bonds. The van der Waals surface area contributed by atoms with Crippen molar-refractivity contribution >= 4 is 11.9 Å². The molecule has 1 atom stereocenters. The summed E-state index contributed by atoms with van der Waals surface area (Å²) < 4.78 is 16.6. The number of rotatable bonds is 6. The number of carboxylic acid groups (broad SMARTS) is 1. The predicted molar refractivity (Wildman–Crippen MR) is 114 cm³/mol. The Kier molecular flexibility index (Phi) is 6.29. The second-order valence-corrected chi connectivity index (χ2v) is 6.91. The molecule has 0 unspecified atom stereocenters. The molecule has 0 radical (unpaired) electrons. The van der Waals surface area contributed by atoms with Gasteiger partial charge in [0.1, 0.15) is 5.56 Å². The van der Waals surface area contributed by atoms with Crippen molar-refractivity contribution in [2.45, 2.75) is 18.9 Å². The third kappa shape index (κ3) is 3.96. The molecule has 8 heteroatoms. The fourth-order valence-corrected chi connectivity index (χ4v) is 3.87. The maximum atomic E-state index is 12.4. The van der Waals surface area contributed by atoms with Crippen LogP contribution in [0.5, 0.6) is 17.2 Å². The van der Waals surface area contributed by atoms with E-state index in [2.05, 4.69) is 11.9 Å². The lowest BCUT2D eigenvalue weighted by Crippen LogP contribution is -2.27. The van der Waals surface area contributed by atoms with Gasteiger partial charge in [-0.25, -0.2) is 4.79 Å². The highest BCUT2D eigenvalue weighted by Gasteiger charge is 2.30. The van der Waals surface area contributed by atoms with E-state index in [9.17, 15) is 19.5 Å². The Morgan fingerprint density at radius 3 is 2.42 bits per heavy atom. The number of aromatic carboxylic acids is 1. The number of carbonyl (C=O) groups excluding carboxylic acids is 1. The number of ether oxygens (including phenoxy) is 3. The zero-order valence-corrected chi connectivity index (χ0v) is 17.5. The van der Waals surface area contributed by atoms with Gasteiger partial charge in [-0.2, -0.15) is 0 Å². The highest BCUT2D eigenvalue weighted by molar-refractivity contribution is 5.91. The summed E-state index contributed by atoms with van der Waals surface area (Å²) in [5.41, 5.74) is 1.51. The molecule has 3 rings (SSSR count). The first-order valence-electron chi connectivity index (χ1n) is 9.52. The van der Waals surface area contributed by atoms with E-state index in [1.165, 1.54) is 33.5 Å². The van der Waals surface area contributed by atoms with Crippen LogP contribution in [-0.2, 0) is 11.2 Å². The first kappa shape index (κ1) is 21.9. The summed E-state index contributed by atoms with van der Waals surface area (Å²) >= 11 is 0. The van der Waals surface area contributed by atoms with Crippen molar-refractivity contribution in [2.24, 2.45) is 0 Å². The van der Waals surface area contributed by atoms with Crippen LogP contribution in [0.1, 0.15) is 33.9 Å². The van der Waals surface area contributed by atoms with Gasteiger partial charge in [0.25, 0.3) is 0 Å². The van der Waals surface area contributed by atoms with Crippen LogP contribution in [0.4, 0.5) is 0 Å². The highest BCUT2D eigenvalue weighted by Crippen LogP contribution is 2.50. The second kappa shape index (κ2) is 8.91. The summed E-state index contributed by atoms with van der Waals surface area (Å²) in [6, 6.07) is 5.34. The van der Waals surface area contributed by atoms with E-state index in [-0.39, 0.29) is 5.56 Å². The molecule has 2 aromatic rings. The number of carboxylic acids is 1. The zero-order valence-electron chi connectivity index (χ0n) is 17.5. The van der Waals surface area contributed by atoms with Crippen molar-refractivity contribution < 1.29 is 28.9 Å². The Bertz CT molecular complexity index is 1120. The number of methoxy groups -OCH3 is 3. The summed E-state index contributed by atoms with van der Waals surface area (Å²) in [4.78, 5) is 36.2. The van der Waals surface area contributed by atoms with Gasteiger partial charge in [0, 0.05) is 5.56 Å². The monoisotopic (exact) mass is 425 g/mol. The molecule has 162 valence electrons. The van der Waals surface area contributed by atoms with Crippen LogP contribution in [0.15, 0.2) is 41.7 Å². The van der Waals surface area contributed by atoms with Crippen molar-refractivity contribution in [1.29, 1.82) is 0 Å². The third-order valence-electron chi connectivity index (χ3n) is 5.27. The molecular weight excluding hydrogens is 402 g/mol. The van der Waals surface area contributed by atoms with Crippen molar-refractivity contribution in [3.63, 3.8) is 0 Å². The van der Waals surface area contributed by atoms with E-state index in [1.54, 1.807) is 6.07 Å². The number of hydrogen-bond acceptors (Lipinski definition) is 6. The number of nitrogens with one attached hydrogen (secondary N) is 1. The van der Waals surface area contributed by atoms with Crippen LogP contribution >= 0.6 is 0 Å². The molecule has 0 aliphatic heterocycles. The lowest BCUT2D eigenvalue weighted by molar-refractivity contribution is -0.117. The number of aryl methyl sites for hydroxylation is 1. The van der Waals surface area contributed by atoms with Gasteiger partial charge in [-0.3, -0.25) is 9.59 Å². The quantitative estimate of drug-likeness (QED) is 0.685. The molecule has 0 heterocycles. The Morgan fingerprint density at radius 1 is 1.13 bits per heavy atom. The topological polar surface area (TPSA) is 111 Å². The minimum absolute atomic E-state index is 0.371. The molecule has 0 aromatic heterocycles. The first-order chi connectivity index (χ1) is 14.9. The Morgan fingerprint density at radius 2 is 1.84 bits per heavy atom. The molecular formula is C23H23NO7. The van der Waals surface area contributed by atoms with Gasteiger partial charge in [-0.15, -0.1) is 0 Å². The predicted octanol–water partition coefficient (Wildman–Crippen LogP) is 2.73. The van der Waals surface area contributed by atoms with Gasteiger partial charge in [-0.1, -0.05) is 6.58 Å². The van der Waals surface area contributed by atoms with E-state index in [4.69, 9.17) is 14.2 Å². The molecule has 31 heavy (non-hydrogen) atoms. The van der Waals surface area contributed by atoms with Gasteiger partial charge >= 0.3 is 5.97 Å². The largest absolute Gasteiger partial charge is 0.493 e. The minimum atomic E-state index is -1.35. The number of amides is 1. The van der Waals surface area contributed by atoms with Crippen LogP contribution in [0.3, 0.4) is 0 Å². The molecule has 1 aliphatic carbocycles. The third-order valence-corrected chi connectivity index (χ3v) is 5.27. The fraction of sp³-hybridized carbons (Fsp3) is 0.261.